The molecule has 25 heavy (non-hydrogen) atoms. The molecule has 1 aliphatic heterocycles. The summed E-state index contributed by atoms with van der Waals surface area (Å²) < 4.78 is 4.99. The molecule has 1 amide bonds. The molecular formula is C19H28N2O4. The lowest BCUT2D eigenvalue weighted by Gasteiger charge is -2.28. The van der Waals surface area contributed by atoms with Crippen molar-refractivity contribution >= 4 is 11.9 Å². The van der Waals surface area contributed by atoms with Gasteiger partial charge in [-0.1, -0.05) is 50.6 Å². The van der Waals surface area contributed by atoms with Gasteiger partial charge in [0.15, 0.2) is 6.04 Å². The van der Waals surface area contributed by atoms with Crippen LogP contribution in [-0.4, -0.2) is 42.2 Å². The third-order valence-electron chi connectivity index (χ3n) is 4.69. The Bertz CT molecular complexity index is 564. The molecule has 0 radical (unpaired) electrons. The monoisotopic (exact) mass is 348 g/mol. The molecule has 1 heterocycles. The van der Waals surface area contributed by atoms with Crippen LogP contribution in [0.5, 0.6) is 0 Å². The van der Waals surface area contributed by atoms with Gasteiger partial charge in [0.2, 0.25) is 5.91 Å². The van der Waals surface area contributed by atoms with Gasteiger partial charge in [-0.25, -0.2) is 9.86 Å². The van der Waals surface area contributed by atoms with Crippen molar-refractivity contribution in [2.45, 2.75) is 51.6 Å². The number of aryl methyl sites for hydroxylation is 1. The summed E-state index contributed by atoms with van der Waals surface area (Å²) in [6, 6.07) is 8.90. The van der Waals surface area contributed by atoms with Gasteiger partial charge in [0.05, 0.1) is 13.2 Å². The van der Waals surface area contributed by atoms with Crippen LogP contribution in [0.1, 0.15) is 38.7 Å². The fourth-order valence-corrected chi connectivity index (χ4v) is 2.67. The van der Waals surface area contributed by atoms with Crippen LogP contribution < -0.4 is 5.73 Å². The average molecular weight is 348 g/mol. The molecule has 1 saturated heterocycles. The lowest BCUT2D eigenvalue weighted by atomic mass is 10.0. The molecule has 3 atom stereocenters. The van der Waals surface area contributed by atoms with Crippen LogP contribution in [0.25, 0.3) is 0 Å². The van der Waals surface area contributed by atoms with Crippen LogP contribution in [0, 0.1) is 5.92 Å². The number of nitrogens with zero attached hydrogens (tertiary/aromatic N) is 1. The minimum Gasteiger partial charge on any atom is -0.464 e. The van der Waals surface area contributed by atoms with Gasteiger partial charge in [0.1, 0.15) is 0 Å². The summed E-state index contributed by atoms with van der Waals surface area (Å²) in [6.07, 6.45) is 2.25. The van der Waals surface area contributed by atoms with Crippen LogP contribution in [-0.2, 0) is 25.6 Å². The van der Waals surface area contributed by atoms with Crippen molar-refractivity contribution in [3.8, 4) is 0 Å². The van der Waals surface area contributed by atoms with Crippen LogP contribution in [0.2, 0.25) is 0 Å². The molecule has 2 N–H and O–H groups in total. The quantitative estimate of drug-likeness (QED) is 0.546. The zero-order valence-corrected chi connectivity index (χ0v) is 15.0. The third-order valence-corrected chi connectivity index (χ3v) is 4.69. The summed E-state index contributed by atoms with van der Waals surface area (Å²) in [4.78, 5) is 30.2. The number of hydrogen-bond acceptors (Lipinski definition) is 5. The second-order valence-electron chi connectivity index (χ2n) is 6.52. The summed E-state index contributed by atoms with van der Waals surface area (Å²) >= 11 is 0. The lowest BCUT2D eigenvalue weighted by Crippen LogP contribution is -2.46. The first-order valence-corrected chi connectivity index (χ1v) is 8.94. The lowest BCUT2D eigenvalue weighted by molar-refractivity contribution is -0.205. The molecule has 6 heteroatoms. The molecule has 1 aromatic carbocycles. The molecule has 1 fully saturated rings. The first-order valence-electron chi connectivity index (χ1n) is 8.94. The van der Waals surface area contributed by atoms with E-state index in [1.54, 1.807) is 0 Å². The average Bonchev–Trinajstić information content (AvgIpc) is 3.06. The molecule has 1 unspecified atom stereocenters. The second kappa shape index (κ2) is 9.53. The molecule has 2 rings (SSSR count). The Morgan fingerprint density at radius 2 is 2.12 bits per heavy atom. The first kappa shape index (κ1) is 19.4. The fraction of sp³-hybridized carbons (Fsp3) is 0.579. The Balaban J connectivity index is 1.97. The fourth-order valence-electron chi connectivity index (χ4n) is 2.67. The molecule has 138 valence electrons. The van der Waals surface area contributed by atoms with Gasteiger partial charge in [-0.2, -0.15) is 0 Å². The minimum absolute atomic E-state index is 0.188. The number of nitrogens with two attached hydrogens (primary N) is 1. The number of rotatable bonds is 9. The number of carbonyl (C=O) groups excluding carboxylic acids is 2. The predicted octanol–water partition coefficient (Wildman–Crippen LogP) is 2.07. The number of amides is 1. The molecule has 1 aromatic rings. The highest BCUT2D eigenvalue weighted by Gasteiger charge is 2.36. The van der Waals surface area contributed by atoms with Gasteiger partial charge in [-0.3, -0.25) is 9.63 Å². The number of benzene rings is 1. The highest BCUT2D eigenvalue weighted by molar-refractivity contribution is 5.84. The minimum atomic E-state index is -0.674. The molecule has 0 spiro atoms. The van der Waals surface area contributed by atoms with E-state index in [1.165, 1.54) is 5.06 Å². The summed E-state index contributed by atoms with van der Waals surface area (Å²) in [5.74, 6) is -0.356. The van der Waals surface area contributed by atoms with Gasteiger partial charge in [-0.05, 0) is 17.9 Å². The summed E-state index contributed by atoms with van der Waals surface area (Å²) in [6.45, 7) is 4.61. The van der Waals surface area contributed by atoms with Crippen LogP contribution >= 0.6 is 0 Å². The third kappa shape index (κ3) is 5.54. The zero-order valence-electron chi connectivity index (χ0n) is 15.0. The Morgan fingerprint density at radius 3 is 2.72 bits per heavy atom. The smallest absolute Gasteiger partial charge is 0.331 e. The van der Waals surface area contributed by atoms with Crippen molar-refractivity contribution < 1.29 is 19.2 Å². The van der Waals surface area contributed by atoms with Gasteiger partial charge in [0, 0.05) is 18.9 Å². The molecule has 6 nitrogen and oxygen atoms in total. The van der Waals surface area contributed by atoms with Crippen LogP contribution in [0.3, 0.4) is 0 Å². The molecule has 0 bridgehead atoms. The zero-order chi connectivity index (χ0) is 18.2. The number of ether oxygens (including phenoxy) is 1. The van der Waals surface area contributed by atoms with Gasteiger partial charge in [0.25, 0.3) is 0 Å². The van der Waals surface area contributed by atoms with E-state index in [0.29, 0.717) is 19.4 Å². The van der Waals surface area contributed by atoms with E-state index in [4.69, 9.17) is 15.3 Å². The van der Waals surface area contributed by atoms with E-state index in [0.717, 1.165) is 12.0 Å². The Kier molecular flexibility index (Phi) is 7.40. The summed E-state index contributed by atoms with van der Waals surface area (Å²) in [7, 11) is 0. The first-order chi connectivity index (χ1) is 12.0. The molecule has 0 saturated carbocycles. The van der Waals surface area contributed by atoms with E-state index in [9.17, 15) is 9.59 Å². The molecular weight excluding hydrogens is 320 g/mol. The summed E-state index contributed by atoms with van der Waals surface area (Å²) in [5.41, 5.74) is 7.17. The number of hydroxylamine groups is 2. The van der Waals surface area contributed by atoms with Crippen molar-refractivity contribution in [3.63, 3.8) is 0 Å². The highest BCUT2D eigenvalue weighted by Crippen LogP contribution is 2.18. The van der Waals surface area contributed by atoms with E-state index in [1.807, 2.05) is 37.3 Å². The molecule has 0 aliphatic carbocycles. The topological polar surface area (TPSA) is 81.9 Å². The van der Waals surface area contributed by atoms with Crippen molar-refractivity contribution in [1.29, 1.82) is 0 Å². The highest BCUT2D eigenvalue weighted by atomic mass is 16.7. The standard InChI is InChI=1S/C19H28N2O4/c1-3-14(2)16(20)13-25-21(17-11-12-24-19(17)23)18(22)10-9-15-7-5-4-6-8-15/h4-8,14,16-17H,3,9-13,20H2,1-2H3/t14-,16?,17-/m0/s1. The van der Waals surface area contributed by atoms with Crippen molar-refractivity contribution in [2.75, 3.05) is 13.2 Å². The normalized spacial score (nSPS) is 19.3. The Morgan fingerprint density at radius 1 is 1.40 bits per heavy atom. The predicted molar refractivity (Wildman–Crippen MR) is 94.4 cm³/mol. The second-order valence-corrected chi connectivity index (χ2v) is 6.52. The SMILES string of the molecule is CC[C@H](C)C(N)CON(C(=O)CCc1ccccc1)[C@H]1CCOC1=O. The largest absolute Gasteiger partial charge is 0.464 e. The summed E-state index contributed by atoms with van der Waals surface area (Å²) in [5, 5.41) is 1.19. The van der Waals surface area contributed by atoms with Crippen molar-refractivity contribution in [3.05, 3.63) is 35.9 Å². The van der Waals surface area contributed by atoms with Crippen LogP contribution in [0.15, 0.2) is 30.3 Å². The number of esters is 1. The number of carbonyl (C=O) groups is 2. The Hall–Kier alpha value is -1.92. The van der Waals surface area contributed by atoms with Gasteiger partial charge >= 0.3 is 5.97 Å². The van der Waals surface area contributed by atoms with Crippen molar-refractivity contribution in [1.82, 2.24) is 5.06 Å². The van der Waals surface area contributed by atoms with Gasteiger partial charge < -0.3 is 10.5 Å². The maximum atomic E-state index is 12.7. The van der Waals surface area contributed by atoms with E-state index in [-0.39, 0.29) is 30.9 Å². The maximum absolute atomic E-state index is 12.7. The maximum Gasteiger partial charge on any atom is 0.331 e. The van der Waals surface area contributed by atoms with Crippen molar-refractivity contribution in [2.24, 2.45) is 11.7 Å². The van der Waals surface area contributed by atoms with E-state index in [2.05, 4.69) is 6.92 Å². The van der Waals surface area contributed by atoms with E-state index < -0.39 is 12.0 Å². The number of hydrogen-bond donors (Lipinski definition) is 1. The van der Waals surface area contributed by atoms with Gasteiger partial charge in [-0.15, -0.1) is 0 Å². The number of cyclic esters (lactones) is 1. The molecule has 0 aromatic heterocycles. The van der Waals surface area contributed by atoms with E-state index >= 15 is 0 Å². The Labute approximate surface area is 149 Å². The molecule has 1 aliphatic rings. The van der Waals surface area contributed by atoms with Crippen LogP contribution in [0.4, 0.5) is 0 Å².